The summed E-state index contributed by atoms with van der Waals surface area (Å²) < 4.78 is 9.59. The average molecular weight is 494 g/mol. The van der Waals surface area contributed by atoms with Crippen molar-refractivity contribution in [1.82, 2.24) is 10.3 Å². The number of hydrazine groups is 1. The van der Waals surface area contributed by atoms with Crippen LogP contribution in [0.4, 0.5) is 5.69 Å². The molecule has 0 fully saturated rings. The Kier molecular flexibility index (Phi) is 15.0. The fourth-order valence-electron chi connectivity index (χ4n) is 2.83. The van der Waals surface area contributed by atoms with Crippen LogP contribution in [0, 0.1) is 11.8 Å². The molecule has 0 aromatic heterocycles. The standard InChI is InChI=1S/C20H33N5O3.C5H10O2/c1-5-28-20(27)18(10-14(2)3)19(26)24-16-8-6-15(7-9-16)13-25(22)17(11-21)12-23-4;1-5(2,3)7-4-6/h6-9,11,14,18,23H,5,10,12-13,21-22H2,1-4H3,(H,24,26);4H,1-3H3/b17-11-;. The van der Waals surface area contributed by atoms with Crippen LogP contribution in [0.5, 0.6) is 0 Å². The van der Waals surface area contributed by atoms with Crippen molar-refractivity contribution in [1.29, 1.82) is 0 Å². The molecule has 0 bridgehead atoms. The molecular formula is C25H43N5O5. The van der Waals surface area contributed by atoms with E-state index in [2.05, 4.69) is 15.4 Å². The highest BCUT2D eigenvalue weighted by Crippen LogP contribution is 2.18. The highest BCUT2D eigenvalue weighted by molar-refractivity contribution is 6.04. The smallest absolute Gasteiger partial charge is 0.318 e. The molecular weight excluding hydrogens is 450 g/mol. The molecule has 198 valence electrons. The number of carbonyl (C=O) groups is 3. The molecule has 0 aliphatic rings. The Morgan fingerprint density at radius 2 is 1.77 bits per heavy atom. The van der Waals surface area contributed by atoms with E-state index in [1.54, 1.807) is 24.1 Å². The Bertz CT molecular complexity index is 803. The van der Waals surface area contributed by atoms with E-state index >= 15 is 0 Å². The molecule has 1 aromatic carbocycles. The van der Waals surface area contributed by atoms with Crippen LogP contribution in [-0.4, -0.2) is 49.2 Å². The van der Waals surface area contributed by atoms with E-state index < -0.39 is 11.9 Å². The zero-order chi connectivity index (χ0) is 27.0. The molecule has 0 saturated heterocycles. The van der Waals surface area contributed by atoms with Crippen molar-refractivity contribution < 1.29 is 23.9 Å². The number of benzene rings is 1. The predicted molar refractivity (Wildman–Crippen MR) is 137 cm³/mol. The molecule has 6 N–H and O–H groups in total. The van der Waals surface area contributed by atoms with E-state index in [0.717, 1.165) is 11.3 Å². The molecule has 1 amide bonds. The molecule has 0 saturated carbocycles. The first-order valence-corrected chi connectivity index (χ1v) is 11.6. The van der Waals surface area contributed by atoms with Crippen molar-refractivity contribution in [2.75, 3.05) is 25.5 Å². The van der Waals surface area contributed by atoms with Crippen LogP contribution in [0.2, 0.25) is 0 Å². The van der Waals surface area contributed by atoms with Crippen LogP contribution >= 0.6 is 0 Å². The minimum atomic E-state index is -0.821. The summed E-state index contributed by atoms with van der Waals surface area (Å²) in [6, 6.07) is 7.29. The third-order valence-electron chi connectivity index (χ3n) is 4.49. The average Bonchev–Trinajstić information content (AvgIpc) is 2.76. The fourth-order valence-corrected chi connectivity index (χ4v) is 2.83. The number of nitrogens with one attached hydrogen (secondary N) is 2. The molecule has 0 heterocycles. The number of nitrogens with zero attached hydrogens (tertiary/aromatic N) is 1. The predicted octanol–water partition coefficient (Wildman–Crippen LogP) is 2.50. The summed E-state index contributed by atoms with van der Waals surface area (Å²) in [6.07, 6.45) is 1.90. The van der Waals surface area contributed by atoms with E-state index in [1.807, 2.05) is 53.8 Å². The van der Waals surface area contributed by atoms with E-state index in [9.17, 15) is 14.4 Å². The second-order valence-electron chi connectivity index (χ2n) is 9.26. The van der Waals surface area contributed by atoms with Gasteiger partial charge in [-0.3, -0.25) is 14.4 Å². The van der Waals surface area contributed by atoms with Crippen molar-refractivity contribution in [2.45, 2.75) is 60.1 Å². The molecule has 1 atom stereocenters. The van der Waals surface area contributed by atoms with Gasteiger partial charge in [0.1, 0.15) is 11.5 Å². The monoisotopic (exact) mass is 493 g/mol. The summed E-state index contributed by atoms with van der Waals surface area (Å²) in [4.78, 5) is 34.3. The van der Waals surface area contributed by atoms with Gasteiger partial charge in [-0.1, -0.05) is 26.0 Å². The number of carbonyl (C=O) groups excluding carboxylic acids is 3. The van der Waals surface area contributed by atoms with E-state index in [4.69, 9.17) is 16.3 Å². The largest absolute Gasteiger partial charge is 0.465 e. The zero-order valence-corrected chi connectivity index (χ0v) is 22.1. The van der Waals surface area contributed by atoms with E-state index in [0.29, 0.717) is 31.7 Å². The second kappa shape index (κ2) is 16.5. The minimum Gasteiger partial charge on any atom is -0.465 e. The van der Waals surface area contributed by atoms with Gasteiger partial charge in [-0.25, -0.2) is 5.84 Å². The van der Waals surface area contributed by atoms with Crippen molar-refractivity contribution in [3.05, 3.63) is 41.7 Å². The van der Waals surface area contributed by atoms with Crippen LogP contribution < -0.4 is 22.2 Å². The van der Waals surface area contributed by atoms with Crippen LogP contribution in [0.25, 0.3) is 0 Å². The highest BCUT2D eigenvalue weighted by Gasteiger charge is 2.28. The summed E-state index contributed by atoms with van der Waals surface area (Å²) in [5, 5.41) is 7.36. The summed E-state index contributed by atoms with van der Waals surface area (Å²) in [6.45, 7) is 12.9. The molecule has 10 nitrogen and oxygen atoms in total. The Balaban J connectivity index is 0.00000143. The Hall–Kier alpha value is -3.11. The maximum Gasteiger partial charge on any atom is 0.318 e. The fraction of sp³-hybridized carbons (Fsp3) is 0.560. The van der Waals surface area contributed by atoms with Crippen molar-refractivity contribution in [3.63, 3.8) is 0 Å². The number of hydrogen-bond acceptors (Lipinski definition) is 9. The third kappa shape index (κ3) is 14.0. The number of rotatable bonds is 12. The van der Waals surface area contributed by atoms with Crippen molar-refractivity contribution in [2.24, 2.45) is 23.4 Å². The molecule has 0 radical (unpaired) electrons. The van der Waals surface area contributed by atoms with E-state index in [-0.39, 0.29) is 24.0 Å². The Morgan fingerprint density at radius 3 is 2.17 bits per heavy atom. The van der Waals surface area contributed by atoms with Crippen LogP contribution in [0.1, 0.15) is 53.5 Å². The van der Waals surface area contributed by atoms with Crippen molar-refractivity contribution >= 4 is 24.0 Å². The molecule has 10 heteroatoms. The maximum absolute atomic E-state index is 12.6. The van der Waals surface area contributed by atoms with Gasteiger partial charge in [0, 0.05) is 18.4 Å². The van der Waals surface area contributed by atoms with Gasteiger partial charge in [0.05, 0.1) is 18.8 Å². The second-order valence-corrected chi connectivity index (χ2v) is 9.26. The third-order valence-corrected chi connectivity index (χ3v) is 4.49. The maximum atomic E-state index is 12.6. The normalized spacial score (nSPS) is 12.2. The lowest BCUT2D eigenvalue weighted by Gasteiger charge is -2.22. The van der Waals surface area contributed by atoms with E-state index in [1.165, 1.54) is 6.20 Å². The lowest BCUT2D eigenvalue weighted by molar-refractivity contribution is -0.151. The molecule has 0 aliphatic carbocycles. The summed E-state index contributed by atoms with van der Waals surface area (Å²) in [5.41, 5.74) is 7.61. The number of likely N-dealkylation sites (N-methyl/N-ethyl adjacent to an activating group) is 1. The lowest BCUT2D eigenvalue weighted by atomic mass is 9.96. The molecule has 1 aromatic rings. The van der Waals surface area contributed by atoms with Gasteiger partial charge >= 0.3 is 5.97 Å². The van der Waals surface area contributed by atoms with Gasteiger partial charge in [-0.05, 0) is 64.8 Å². The van der Waals surface area contributed by atoms with Gasteiger partial charge in [0.25, 0.3) is 6.47 Å². The summed E-state index contributed by atoms with van der Waals surface area (Å²) >= 11 is 0. The van der Waals surface area contributed by atoms with Gasteiger partial charge < -0.3 is 30.8 Å². The molecule has 1 unspecified atom stereocenters. The summed E-state index contributed by atoms with van der Waals surface area (Å²) in [7, 11) is 1.82. The number of hydrogen-bond donors (Lipinski definition) is 4. The first-order valence-electron chi connectivity index (χ1n) is 11.6. The first-order chi connectivity index (χ1) is 16.4. The molecule has 1 rings (SSSR count). The number of nitrogens with two attached hydrogens (primary N) is 2. The Labute approximate surface area is 209 Å². The van der Waals surface area contributed by atoms with Gasteiger partial charge in [0.15, 0.2) is 0 Å². The number of amides is 1. The number of ether oxygens (including phenoxy) is 2. The van der Waals surface area contributed by atoms with Crippen LogP contribution in [0.15, 0.2) is 36.2 Å². The zero-order valence-electron chi connectivity index (χ0n) is 22.1. The number of anilines is 1. The lowest BCUT2D eigenvalue weighted by Crippen LogP contribution is -2.34. The number of esters is 1. The van der Waals surface area contributed by atoms with Crippen molar-refractivity contribution in [3.8, 4) is 0 Å². The SMILES string of the molecule is CC(C)(C)OC=O.CCOC(=O)C(CC(C)C)C(=O)Nc1ccc(CN(N)/C(=C\N)CNC)cc1. The van der Waals surface area contributed by atoms with Crippen LogP contribution in [0.3, 0.4) is 0 Å². The first kappa shape index (κ1) is 31.9. The highest BCUT2D eigenvalue weighted by atomic mass is 16.5. The quantitative estimate of drug-likeness (QED) is 0.113. The molecule has 0 aliphatic heterocycles. The Morgan fingerprint density at radius 1 is 1.17 bits per heavy atom. The topological polar surface area (TPSA) is 149 Å². The van der Waals surface area contributed by atoms with Gasteiger partial charge in [-0.15, -0.1) is 0 Å². The van der Waals surface area contributed by atoms with Crippen LogP contribution in [-0.2, 0) is 30.4 Å². The van der Waals surface area contributed by atoms with Gasteiger partial charge in [-0.2, -0.15) is 0 Å². The molecule has 35 heavy (non-hydrogen) atoms. The minimum absolute atomic E-state index is 0.195. The molecule has 0 spiro atoms. The van der Waals surface area contributed by atoms with Gasteiger partial charge in [0.2, 0.25) is 5.91 Å². The summed E-state index contributed by atoms with van der Waals surface area (Å²) in [5.74, 6) is 4.56.